The van der Waals surface area contributed by atoms with E-state index in [0.29, 0.717) is 36.1 Å². The van der Waals surface area contributed by atoms with Crippen LogP contribution in [0.4, 0.5) is 25.8 Å². The van der Waals surface area contributed by atoms with Crippen LogP contribution in [0.2, 0.25) is 0 Å². The Bertz CT molecular complexity index is 3150. The van der Waals surface area contributed by atoms with E-state index in [2.05, 4.69) is 75.3 Å². The van der Waals surface area contributed by atoms with E-state index < -0.39 is 48.5 Å². The number of pyridine rings is 1. The molecule has 16 nitrogen and oxygen atoms in total. The number of carbonyl (C=O) groups is 1. The molecule has 0 unspecified atom stereocenters. The van der Waals surface area contributed by atoms with Crippen LogP contribution in [0, 0.1) is 21.3 Å². The van der Waals surface area contributed by atoms with Gasteiger partial charge in [0.25, 0.3) is 21.6 Å². The third kappa shape index (κ3) is 10.6. The number of rotatable bonds is 16. The summed E-state index contributed by atoms with van der Waals surface area (Å²) in [5.74, 6) is -0.608. The first-order valence-corrected chi connectivity index (χ1v) is 26.8. The van der Waals surface area contributed by atoms with Gasteiger partial charge < -0.3 is 29.4 Å². The molecule has 1 saturated carbocycles. The molecule has 4 aromatic carbocycles. The molecular formula is C55H62F2N8O8S. The number of nitro groups is 1. The van der Waals surface area contributed by atoms with Crippen molar-refractivity contribution in [2.45, 2.75) is 87.5 Å². The minimum absolute atomic E-state index is 0.0863. The number of nitro benzene ring substituents is 1. The molecule has 19 heteroatoms. The van der Waals surface area contributed by atoms with Crippen LogP contribution < -0.4 is 24.4 Å². The number of sulfonamides is 1. The second-order valence-corrected chi connectivity index (χ2v) is 22.3. The second-order valence-electron chi connectivity index (χ2n) is 20.6. The fourth-order valence-electron chi connectivity index (χ4n) is 11.5. The van der Waals surface area contributed by atoms with Gasteiger partial charge in [-0.2, -0.15) is 0 Å². The number of aromatic amines is 1. The number of hydrogen-bond donors (Lipinski definition) is 3. The first-order valence-electron chi connectivity index (χ1n) is 25.3. The molecule has 4 fully saturated rings. The van der Waals surface area contributed by atoms with E-state index in [1.807, 2.05) is 21.8 Å². The Hall–Kier alpha value is -6.67. The van der Waals surface area contributed by atoms with Crippen LogP contribution >= 0.6 is 0 Å². The number of amides is 1. The molecular weight excluding hydrogens is 971 g/mol. The number of fused-ring (bicyclic) bond motifs is 1. The summed E-state index contributed by atoms with van der Waals surface area (Å²) in [6.45, 7) is 9.34. The largest absolute Gasteiger partial charge is 0.496 e. The van der Waals surface area contributed by atoms with Crippen molar-refractivity contribution in [2.24, 2.45) is 5.41 Å². The summed E-state index contributed by atoms with van der Waals surface area (Å²) in [6.07, 6.45) is 7.06. The number of ether oxygens (including phenoxy) is 3. The maximum absolute atomic E-state index is 16.6. The number of alkyl halides is 1. The van der Waals surface area contributed by atoms with Crippen LogP contribution in [0.25, 0.3) is 11.0 Å². The average molecular weight is 1030 g/mol. The summed E-state index contributed by atoms with van der Waals surface area (Å²) < 4.78 is 78.6. The Kier molecular flexibility index (Phi) is 14.4. The number of methoxy groups -OCH3 is 1. The number of para-hydroxylation sites is 1. The number of carbonyl (C=O) groups excluding carboxylic acids is 1. The normalized spacial score (nSPS) is 19.3. The molecule has 1 aliphatic carbocycles. The van der Waals surface area contributed by atoms with Crippen LogP contribution in [0.15, 0.2) is 108 Å². The van der Waals surface area contributed by atoms with Crippen molar-refractivity contribution in [1.29, 1.82) is 0 Å². The minimum atomic E-state index is -4.79. The van der Waals surface area contributed by atoms with E-state index in [1.54, 1.807) is 25.4 Å². The number of piperidine rings is 1. The van der Waals surface area contributed by atoms with Crippen molar-refractivity contribution in [3.63, 3.8) is 0 Å². The SMILES string of the molecule is COc1ccccc1CN1CCN(C2CC3(CCN(c4cc(Oc5cnc6[nH]ccc6c5)c(C(=O)NS(=O)(=O)c5ccc(NCC6(F)CCOCC6)c([N+](=O)[O-])c5)cc4F)CC3)C2)[C@H](c2ccccc2C(C)C)C1. The Morgan fingerprint density at radius 2 is 1.72 bits per heavy atom. The van der Waals surface area contributed by atoms with E-state index in [9.17, 15) is 23.3 Å². The Morgan fingerprint density at radius 3 is 2.47 bits per heavy atom. The minimum Gasteiger partial charge on any atom is -0.496 e. The van der Waals surface area contributed by atoms with Crippen molar-refractivity contribution in [1.82, 2.24) is 24.5 Å². The van der Waals surface area contributed by atoms with Crippen molar-refractivity contribution < 1.29 is 41.1 Å². The van der Waals surface area contributed by atoms with Crippen LogP contribution in [0.5, 0.6) is 17.2 Å². The van der Waals surface area contributed by atoms with Crippen LogP contribution in [0.3, 0.4) is 0 Å². The lowest BCUT2D eigenvalue weighted by atomic mass is 9.59. The molecule has 6 aromatic rings. The summed E-state index contributed by atoms with van der Waals surface area (Å²) in [6, 6.07) is 26.5. The van der Waals surface area contributed by atoms with Crippen molar-refractivity contribution in [3.05, 3.63) is 142 Å². The lowest BCUT2D eigenvalue weighted by Crippen LogP contribution is -2.60. The van der Waals surface area contributed by atoms with Gasteiger partial charge in [0, 0.05) is 113 Å². The molecule has 1 atom stereocenters. The maximum Gasteiger partial charge on any atom is 0.293 e. The summed E-state index contributed by atoms with van der Waals surface area (Å²) in [4.78, 5) is 39.4. The van der Waals surface area contributed by atoms with Crippen LogP contribution in [-0.4, -0.2) is 110 Å². The lowest BCUT2D eigenvalue weighted by Gasteiger charge is -2.58. The molecule has 10 rings (SSSR count). The van der Waals surface area contributed by atoms with Gasteiger partial charge in [-0.1, -0.05) is 56.3 Å². The number of piperazine rings is 1. The molecule has 5 heterocycles. The molecule has 0 radical (unpaired) electrons. The van der Waals surface area contributed by atoms with Crippen molar-refractivity contribution in [3.8, 4) is 17.2 Å². The van der Waals surface area contributed by atoms with E-state index in [4.69, 9.17) is 14.2 Å². The first-order chi connectivity index (χ1) is 35.6. The third-order valence-electron chi connectivity index (χ3n) is 15.6. The van der Waals surface area contributed by atoms with E-state index >= 15 is 8.78 Å². The van der Waals surface area contributed by atoms with Gasteiger partial charge in [-0.15, -0.1) is 0 Å². The highest BCUT2D eigenvalue weighted by Crippen LogP contribution is 2.54. The Labute approximate surface area is 429 Å². The number of nitrogens with zero attached hydrogens (tertiary/aromatic N) is 5. The second kappa shape index (κ2) is 20.9. The predicted molar refractivity (Wildman–Crippen MR) is 278 cm³/mol. The van der Waals surface area contributed by atoms with Crippen molar-refractivity contribution in [2.75, 3.05) is 69.8 Å². The number of benzene rings is 4. The van der Waals surface area contributed by atoms with Gasteiger partial charge in [0.2, 0.25) is 0 Å². The highest BCUT2D eigenvalue weighted by Gasteiger charge is 2.50. The van der Waals surface area contributed by atoms with Gasteiger partial charge in [-0.3, -0.25) is 24.7 Å². The highest BCUT2D eigenvalue weighted by molar-refractivity contribution is 7.90. The number of hydrogen-bond acceptors (Lipinski definition) is 13. The Morgan fingerprint density at radius 1 is 0.959 bits per heavy atom. The van der Waals surface area contributed by atoms with E-state index in [1.165, 1.54) is 29.0 Å². The van der Waals surface area contributed by atoms with Crippen molar-refractivity contribution >= 4 is 44.0 Å². The first kappa shape index (κ1) is 50.8. The molecule has 0 bridgehead atoms. The van der Waals surface area contributed by atoms with E-state index in [-0.39, 0.29) is 66.9 Å². The number of nitrogens with one attached hydrogen (secondary N) is 3. The molecule has 3 saturated heterocycles. The monoisotopic (exact) mass is 1030 g/mol. The fraction of sp³-hybridized carbons (Fsp3) is 0.418. The molecule has 3 N–H and O–H groups in total. The van der Waals surface area contributed by atoms with E-state index in [0.717, 1.165) is 81.9 Å². The maximum atomic E-state index is 16.6. The molecule has 74 heavy (non-hydrogen) atoms. The average Bonchev–Trinajstić information content (AvgIpc) is 3.86. The fourth-order valence-corrected chi connectivity index (χ4v) is 12.4. The number of halogens is 2. The van der Waals surface area contributed by atoms with Gasteiger partial charge in [0.1, 0.15) is 40.1 Å². The molecule has 3 aliphatic heterocycles. The molecule has 2 aromatic heterocycles. The quantitative estimate of drug-likeness (QED) is 0.0615. The summed E-state index contributed by atoms with van der Waals surface area (Å²) >= 11 is 0. The zero-order valence-corrected chi connectivity index (χ0v) is 42.6. The highest BCUT2D eigenvalue weighted by atomic mass is 32.2. The number of H-pyrrole nitrogens is 1. The lowest BCUT2D eigenvalue weighted by molar-refractivity contribution is -0.384. The summed E-state index contributed by atoms with van der Waals surface area (Å²) in [5.41, 5.74) is 1.96. The topological polar surface area (TPSA) is 184 Å². The number of anilines is 2. The molecule has 4 aliphatic rings. The van der Waals surface area contributed by atoms with Crippen LogP contribution in [0.1, 0.15) is 91.4 Å². The molecule has 1 amide bonds. The van der Waals surface area contributed by atoms with Gasteiger partial charge in [-0.25, -0.2) is 26.9 Å². The smallest absolute Gasteiger partial charge is 0.293 e. The van der Waals surface area contributed by atoms with Gasteiger partial charge in [-0.05, 0) is 84.5 Å². The zero-order chi connectivity index (χ0) is 51.8. The van der Waals surface area contributed by atoms with Crippen LogP contribution in [-0.2, 0) is 21.3 Å². The molecule has 1 spiro atoms. The standard InChI is InChI=1S/C55H62F2N8O8S/c1-36(2)42-9-5-6-10-43(42)49-34-62(33-38-8-4-7-11-50(38)71-3)22-23-64(49)39-30-54(31-39)15-20-63(21-16-54)47-29-51(73-40-26-37-14-19-58-52(37)59-32-40)44(28-45(47)56)53(66)61-74(69,70)41-12-13-46(48(27-41)65(67)68)60-35-55(57)17-24-72-25-18-55/h4-14,19,26-29,32,36,39,49,60H,15-18,20-25,30-31,33-35H2,1-3H3,(H,58,59)(H,61,66)/t49-/m0/s1. The predicted octanol–water partition coefficient (Wildman–Crippen LogP) is 9.89. The van der Waals surface area contributed by atoms with Gasteiger partial charge in [0.05, 0.1) is 34.4 Å². The zero-order valence-electron chi connectivity index (χ0n) is 41.8. The van der Waals surface area contributed by atoms with Gasteiger partial charge >= 0.3 is 0 Å². The third-order valence-corrected chi connectivity index (χ3v) is 17.0. The summed E-state index contributed by atoms with van der Waals surface area (Å²) in [7, 11) is -3.07. The number of aromatic nitrogens is 2. The summed E-state index contributed by atoms with van der Waals surface area (Å²) in [5, 5.41) is 15.6. The Balaban J connectivity index is 0.856. The van der Waals surface area contributed by atoms with Gasteiger partial charge in [0.15, 0.2) is 0 Å². The molecule has 390 valence electrons.